The number of aliphatic imine (C=N–C) groups is 1. The van der Waals surface area contributed by atoms with Crippen LogP contribution in [0.2, 0.25) is 0 Å². The van der Waals surface area contributed by atoms with Gasteiger partial charge in [-0.3, -0.25) is 9.79 Å². The van der Waals surface area contributed by atoms with Crippen molar-refractivity contribution in [1.82, 2.24) is 14.7 Å². The topological polar surface area (TPSA) is 87.1 Å². The Bertz CT molecular complexity index is 1680. The van der Waals surface area contributed by atoms with Crippen molar-refractivity contribution < 1.29 is 28.5 Å². The SMILES string of the molecule is COc1cc2c(cc1OCCCCCN1CCN(CCCCCOc3ccc4c(c3)CC[C@@H]3[C@@H]4CC[C@]4(C)[C@@H](O)CC[C@@H]34)CC1)N=C[C@@H]1C[C@@H](F)CN1C2=O. The van der Waals surface area contributed by atoms with Crippen molar-refractivity contribution in [3.8, 4) is 17.2 Å². The highest BCUT2D eigenvalue weighted by Gasteiger charge is 2.54. The van der Waals surface area contributed by atoms with Crippen molar-refractivity contribution in [2.45, 2.75) is 115 Å². The predicted molar refractivity (Wildman–Crippen MR) is 214 cm³/mol. The molecule has 9 nitrogen and oxygen atoms in total. The van der Waals surface area contributed by atoms with Crippen LogP contribution in [0.25, 0.3) is 0 Å². The maximum absolute atomic E-state index is 13.9. The molecular formula is C45H63FN4O5. The summed E-state index contributed by atoms with van der Waals surface area (Å²) >= 11 is 0. The molecule has 8 rings (SSSR count). The summed E-state index contributed by atoms with van der Waals surface area (Å²) in [5.74, 6) is 4.01. The van der Waals surface area contributed by atoms with Gasteiger partial charge in [0.25, 0.3) is 5.91 Å². The summed E-state index contributed by atoms with van der Waals surface area (Å²) in [6.45, 7) is 10.7. The Morgan fingerprint density at radius 1 is 0.891 bits per heavy atom. The summed E-state index contributed by atoms with van der Waals surface area (Å²) in [5.41, 5.74) is 4.19. The number of hydrogen-bond donors (Lipinski definition) is 1. The number of unbranched alkanes of at least 4 members (excludes halogenated alkanes) is 4. The van der Waals surface area contributed by atoms with Gasteiger partial charge in [-0.2, -0.15) is 0 Å². The second-order valence-electron chi connectivity index (χ2n) is 17.6. The molecule has 0 aromatic heterocycles. The van der Waals surface area contributed by atoms with E-state index in [0.29, 0.717) is 47.6 Å². The van der Waals surface area contributed by atoms with Crippen LogP contribution in [0.3, 0.4) is 0 Å². The summed E-state index contributed by atoms with van der Waals surface area (Å²) in [4.78, 5) is 24.4. The van der Waals surface area contributed by atoms with Crippen LogP contribution in [-0.4, -0.2) is 116 Å². The number of halogens is 1. The zero-order valence-corrected chi connectivity index (χ0v) is 33.2. The highest BCUT2D eigenvalue weighted by molar-refractivity contribution is 6.03. The highest BCUT2D eigenvalue weighted by Crippen LogP contribution is 2.61. The fraction of sp³-hybridized carbons (Fsp3) is 0.689. The Morgan fingerprint density at radius 3 is 2.38 bits per heavy atom. The second-order valence-corrected chi connectivity index (χ2v) is 17.6. The van der Waals surface area contributed by atoms with Crippen LogP contribution in [0, 0.1) is 17.3 Å². The number of methoxy groups -OCH3 is 1. The number of aliphatic hydroxyl groups excluding tert-OH is 1. The molecule has 3 aliphatic heterocycles. The number of amides is 1. The lowest BCUT2D eigenvalue weighted by atomic mass is 9.55. The average molecular weight is 759 g/mol. The minimum absolute atomic E-state index is 0.103. The van der Waals surface area contributed by atoms with Crippen molar-refractivity contribution in [1.29, 1.82) is 0 Å². The second kappa shape index (κ2) is 17.1. The van der Waals surface area contributed by atoms with Gasteiger partial charge in [-0.05, 0) is 143 Å². The van der Waals surface area contributed by atoms with Crippen molar-refractivity contribution >= 4 is 17.8 Å². The number of alkyl halides is 1. The van der Waals surface area contributed by atoms with Gasteiger partial charge >= 0.3 is 0 Å². The van der Waals surface area contributed by atoms with Crippen molar-refractivity contribution in [3.05, 3.63) is 47.0 Å². The molecule has 0 unspecified atom stereocenters. The van der Waals surface area contributed by atoms with Crippen LogP contribution in [0.5, 0.6) is 17.2 Å². The minimum atomic E-state index is -1.01. The minimum Gasteiger partial charge on any atom is -0.494 e. The van der Waals surface area contributed by atoms with Gasteiger partial charge in [0.2, 0.25) is 0 Å². The van der Waals surface area contributed by atoms with Gasteiger partial charge in [0, 0.05) is 44.9 Å². The van der Waals surface area contributed by atoms with E-state index in [4.69, 9.17) is 14.2 Å². The van der Waals surface area contributed by atoms with Crippen molar-refractivity contribution in [2.24, 2.45) is 22.2 Å². The van der Waals surface area contributed by atoms with Crippen LogP contribution in [0.1, 0.15) is 111 Å². The molecule has 2 aromatic carbocycles. The smallest absolute Gasteiger partial charge is 0.256 e. The molecule has 6 aliphatic rings. The zero-order valence-electron chi connectivity index (χ0n) is 33.2. The number of nitrogens with zero attached hydrogens (tertiary/aromatic N) is 4. The summed E-state index contributed by atoms with van der Waals surface area (Å²) in [7, 11) is 1.57. The zero-order chi connectivity index (χ0) is 37.9. The molecule has 55 heavy (non-hydrogen) atoms. The first kappa shape index (κ1) is 38.7. The van der Waals surface area contributed by atoms with Gasteiger partial charge in [0.1, 0.15) is 11.9 Å². The Labute approximate surface area is 327 Å². The number of hydrogen-bond acceptors (Lipinski definition) is 8. The molecule has 2 aromatic rings. The predicted octanol–water partition coefficient (Wildman–Crippen LogP) is 7.60. The van der Waals surface area contributed by atoms with Crippen LogP contribution in [-0.2, 0) is 6.42 Å². The lowest BCUT2D eigenvalue weighted by Gasteiger charge is -2.50. The number of piperazine rings is 1. The molecule has 2 saturated carbocycles. The summed E-state index contributed by atoms with van der Waals surface area (Å²) in [5, 5.41) is 10.7. The molecule has 2 saturated heterocycles. The third kappa shape index (κ3) is 8.29. The normalized spacial score (nSPS) is 30.3. The first-order chi connectivity index (χ1) is 26.8. The van der Waals surface area contributed by atoms with Gasteiger partial charge in [-0.15, -0.1) is 0 Å². The average Bonchev–Trinajstić information content (AvgIpc) is 3.70. The van der Waals surface area contributed by atoms with E-state index in [0.717, 1.165) is 95.9 Å². The first-order valence-corrected chi connectivity index (χ1v) is 21.5. The third-order valence-corrected chi connectivity index (χ3v) is 14.3. The molecule has 300 valence electrons. The number of benzene rings is 2. The Morgan fingerprint density at radius 2 is 1.64 bits per heavy atom. The fourth-order valence-corrected chi connectivity index (χ4v) is 11.1. The molecule has 0 spiro atoms. The highest BCUT2D eigenvalue weighted by atomic mass is 19.1. The quantitative estimate of drug-likeness (QED) is 0.187. The van der Waals surface area contributed by atoms with Crippen LogP contribution in [0.15, 0.2) is 35.3 Å². The number of carbonyl (C=O) groups is 1. The van der Waals surface area contributed by atoms with Gasteiger partial charge in [0.15, 0.2) is 11.5 Å². The lowest BCUT2D eigenvalue weighted by molar-refractivity contribution is -0.0226. The maximum atomic E-state index is 13.9. The van der Waals surface area contributed by atoms with E-state index in [1.807, 2.05) is 0 Å². The molecule has 10 heteroatoms. The van der Waals surface area contributed by atoms with E-state index < -0.39 is 6.17 Å². The fourth-order valence-electron chi connectivity index (χ4n) is 11.1. The first-order valence-electron chi connectivity index (χ1n) is 21.5. The monoisotopic (exact) mass is 758 g/mol. The van der Waals surface area contributed by atoms with E-state index in [1.54, 1.807) is 35.9 Å². The standard InChI is InChI=1S/C45H63FN4O5/c1-45-16-15-36-35-12-10-34(25-31(35)9-11-37(36)39(45)13-14-43(45)51)54-23-7-3-5-17-48-19-21-49(22-20-48)18-6-4-8-24-55-42-28-40-38(27-41(42)53-2)44(52)50-30-32(46)26-33(50)29-47-40/h10,12,25,27-29,32-33,36-37,39,43,51H,3-9,11,13-24,26,30H2,1-2H3/t32-,33+,36-,37-,39+,43+,45+/m1/s1. The van der Waals surface area contributed by atoms with E-state index in [1.165, 1.54) is 44.2 Å². The van der Waals surface area contributed by atoms with E-state index in [9.17, 15) is 14.3 Å². The van der Waals surface area contributed by atoms with Crippen molar-refractivity contribution in [2.75, 3.05) is 66.1 Å². The molecule has 7 atom stereocenters. The van der Waals surface area contributed by atoms with Gasteiger partial charge in [-0.25, -0.2) is 4.39 Å². The molecule has 0 bridgehead atoms. The van der Waals surface area contributed by atoms with Crippen LogP contribution >= 0.6 is 0 Å². The number of carbonyl (C=O) groups excluding carboxylic acids is 1. The van der Waals surface area contributed by atoms with E-state index in [2.05, 4.69) is 39.9 Å². The van der Waals surface area contributed by atoms with Crippen LogP contribution < -0.4 is 14.2 Å². The molecular weight excluding hydrogens is 696 g/mol. The molecule has 3 aliphatic carbocycles. The molecule has 3 heterocycles. The Hall–Kier alpha value is -3.21. The lowest BCUT2D eigenvalue weighted by Crippen LogP contribution is -2.46. The number of ether oxygens (including phenoxy) is 3. The Balaban J connectivity index is 0.674. The van der Waals surface area contributed by atoms with Gasteiger partial charge in [0.05, 0.1) is 50.3 Å². The number of fused-ring (bicyclic) bond motifs is 7. The summed E-state index contributed by atoms with van der Waals surface area (Å²) in [6.07, 6.45) is 14.6. The van der Waals surface area contributed by atoms with E-state index >= 15 is 0 Å². The number of aliphatic hydroxyl groups is 1. The number of aryl methyl sites for hydroxylation is 1. The molecule has 1 N–H and O–H groups in total. The molecule has 1 amide bonds. The third-order valence-electron chi connectivity index (χ3n) is 14.3. The van der Waals surface area contributed by atoms with Crippen molar-refractivity contribution in [3.63, 3.8) is 0 Å². The van der Waals surface area contributed by atoms with E-state index in [-0.39, 0.29) is 30.0 Å². The molecule has 4 fully saturated rings. The van der Waals surface area contributed by atoms with Gasteiger partial charge in [-0.1, -0.05) is 13.0 Å². The maximum Gasteiger partial charge on any atom is 0.256 e. The number of rotatable bonds is 15. The summed E-state index contributed by atoms with van der Waals surface area (Å²) in [6, 6.07) is 10.1. The van der Waals surface area contributed by atoms with Gasteiger partial charge < -0.3 is 34.0 Å². The summed E-state index contributed by atoms with van der Waals surface area (Å²) < 4.78 is 31.9. The van der Waals surface area contributed by atoms with Crippen LogP contribution in [0.4, 0.5) is 10.1 Å². The Kier molecular flexibility index (Phi) is 12.0. The largest absolute Gasteiger partial charge is 0.494 e. The molecule has 0 radical (unpaired) electrons.